The van der Waals surface area contributed by atoms with Crippen molar-refractivity contribution >= 4 is 0 Å². The van der Waals surface area contributed by atoms with Gasteiger partial charge in [0.05, 0.1) is 0 Å². The Labute approximate surface area is 113 Å². The van der Waals surface area contributed by atoms with Gasteiger partial charge >= 0.3 is 0 Å². The van der Waals surface area contributed by atoms with Gasteiger partial charge in [0.1, 0.15) is 0 Å². The molecular formula is C18H28. The minimum atomic E-state index is 0.154. The highest BCUT2D eigenvalue weighted by atomic mass is 14.5. The second-order valence-electron chi connectivity index (χ2n) is 6.04. The van der Waals surface area contributed by atoms with Crippen molar-refractivity contribution in [2.75, 3.05) is 0 Å². The molecule has 0 saturated heterocycles. The van der Waals surface area contributed by atoms with E-state index in [-0.39, 0.29) is 10.8 Å². The molecule has 0 N–H and O–H groups in total. The maximum atomic E-state index is 2.38. The predicted molar refractivity (Wildman–Crippen MR) is 82.6 cm³/mol. The molecule has 1 atom stereocenters. The smallest absolute Gasteiger partial charge is 0.0179 e. The Morgan fingerprint density at radius 3 is 1.89 bits per heavy atom. The highest BCUT2D eigenvalue weighted by Crippen LogP contribution is 2.59. The van der Waals surface area contributed by atoms with Crippen molar-refractivity contribution in [1.82, 2.24) is 0 Å². The Morgan fingerprint density at radius 1 is 0.944 bits per heavy atom. The first-order valence-electron chi connectivity index (χ1n) is 7.00. The molecule has 1 unspecified atom stereocenters. The first kappa shape index (κ1) is 15.0. The summed E-state index contributed by atoms with van der Waals surface area (Å²) < 4.78 is 0. The quantitative estimate of drug-likeness (QED) is 0.535. The zero-order valence-corrected chi connectivity index (χ0v) is 13.1. The van der Waals surface area contributed by atoms with Gasteiger partial charge in [-0.15, -0.1) is 0 Å². The van der Waals surface area contributed by atoms with Gasteiger partial charge in [0.25, 0.3) is 0 Å². The Hall–Kier alpha value is -1.04. The lowest BCUT2D eigenvalue weighted by Gasteiger charge is -2.29. The Bertz CT molecular complexity index is 427. The van der Waals surface area contributed by atoms with Crippen LogP contribution >= 0.6 is 0 Å². The molecule has 0 aromatic carbocycles. The van der Waals surface area contributed by atoms with Crippen LogP contribution in [0.15, 0.2) is 47.1 Å². The molecule has 1 saturated carbocycles. The van der Waals surface area contributed by atoms with Crippen LogP contribution in [0.5, 0.6) is 0 Å². The molecule has 1 fully saturated rings. The van der Waals surface area contributed by atoms with Gasteiger partial charge in [0, 0.05) is 5.41 Å². The molecule has 0 bridgehead atoms. The fraction of sp³-hybridized carbons (Fsp3) is 0.556. The van der Waals surface area contributed by atoms with Crippen molar-refractivity contribution in [2.45, 2.75) is 54.9 Å². The summed E-state index contributed by atoms with van der Waals surface area (Å²) in [4.78, 5) is 0. The normalized spacial score (nSPS) is 32.9. The number of hydrogen-bond donors (Lipinski definition) is 0. The van der Waals surface area contributed by atoms with Crippen LogP contribution < -0.4 is 0 Å². The molecule has 0 radical (unpaired) electrons. The maximum Gasteiger partial charge on any atom is 0.0179 e. The third-order valence-electron chi connectivity index (χ3n) is 4.28. The SMILES string of the molecule is C/C=C\C(=C/C)C1(C)CC(C)(C)C(=C/C)/C1=C\C. The van der Waals surface area contributed by atoms with E-state index in [9.17, 15) is 0 Å². The molecule has 0 aromatic heterocycles. The Kier molecular flexibility index (Phi) is 4.42. The maximum absolute atomic E-state index is 2.38. The van der Waals surface area contributed by atoms with Gasteiger partial charge in [-0.05, 0) is 56.3 Å². The van der Waals surface area contributed by atoms with Crippen molar-refractivity contribution in [3.63, 3.8) is 0 Å². The van der Waals surface area contributed by atoms with Crippen molar-refractivity contribution < 1.29 is 0 Å². The summed E-state index contributed by atoms with van der Waals surface area (Å²) in [5.74, 6) is 0. The highest BCUT2D eigenvalue weighted by molar-refractivity contribution is 5.52. The van der Waals surface area contributed by atoms with Crippen molar-refractivity contribution in [2.24, 2.45) is 10.8 Å². The highest BCUT2D eigenvalue weighted by Gasteiger charge is 2.47. The van der Waals surface area contributed by atoms with E-state index in [0.717, 1.165) is 0 Å². The van der Waals surface area contributed by atoms with E-state index >= 15 is 0 Å². The van der Waals surface area contributed by atoms with Gasteiger partial charge in [-0.1, -0.05) is 51.2 Å². The van der Waals surface area contributed by atoms with Crippen LogP contribution in [0.4, 0.5) is 0 Å². The van der Waals surface area contributed by atoms with Crippen LogP contribution in [0.2, 0.25) is 0 Å². The van der Waals surface area contributed by atoms with Crippen LogP contribution in [-0.4, -0.2) is 0 Å². The fourth-order valence-corrected chi connectivity index (χ4v) is 3.79. The molecule has 0 heteroatoms. The first-order valence-corrected chi connectivity index (χ1v) is 7.00. The van der Waals surface area contributed by atoms with Gasteiger partial charge in [0.2, 0.25) is 0 Å². The van der Waals surface area contributed by atoms with E-state index in [1.165, 1.54) is 23.1 Å². The number of rotatable bonds is 2. The largest absolute Gasteiger partial charge is 0.0874 e. The average Bonchev–Trinajstić information content (AvgIpc) is 2.51. The third-order valence-corrected chi connectivity index (χ3v) is 4.28. The molecular weight excluding hydrogens is 216 g/mol. The summed E-state index contributed by atoms with van der Waals surface area (Å²) in [6, 6.07) is 0. The lowest BCUT2D eigenvalue weighted by atomic mass is 9.75. The lowest BCUT2D eigenvalue weighted by Crippen LogP contribution is -2.18. The summed E-state index contributed by atoms with van der Waals surface area (Å²) in [5.41, 5.74) is 4.86. The van der Waals surface area contributed by atoms with Crippen LogP contribution in [0.25, 0.3) is 0 Å². The molecule has 0 amide bonds. The van der Waals surface area contributed by atoms with E-state index in [0.29, 0.717) is 0 Å². The number of hydrogen-bond acceptors (Lipinski definition) is 0. The van der Waals surface area contributed by atoms with Gasteiger partial charge in [-0.25, -0.2) is 0 Å². The summed E-state index contributed by atoms with van der Waals surface area (Å²) in [5, 5.41) is 0. The second-order valence-corrected chi connectivity index (χ2v) is 6.04. The van der Waals surface area contributed by atoms with Gasteiger partial charge in [-0.3, -0.25) is 0 Å². The first-order chi connectivity index (χ1) is 8.37. The topological polar surface area (TPSA) is 0 Å². The average molecular weight is 244 g/mol. The van der Waals surface area contributed by atoms with Gasteiger partial charge in [-0.2, -0.15) is 0 Å². The standard InChI is InChI=1S/C18H28/c1-8-12-14(9-2)18(7)13-17(5,6)15(10-3)16(18)11-4/h8-12H,13H2,1-7H3/b12-8-,14-9+,15-10+,16-11+. The van der Waals surface area contributed by atoms with Crippen molar-refractivity contribution in [1.29, 1.82) is 0 Å². The van der Waals surface area contributed by atoms with E-state index < -0.39 is 0 Å². The van der Waals surface area contributed by atoms with Crippen LogP contribution in [-0.2, 0) is 0 Å². The van der Waals surface area contributed by atoms with E-state index in [2.05, 4.69) is 78.8 Å². The molecule has 18 heavy (non-hydrogen) atoms. The van der Waals surface area contributed by atoms with E-state index in [1.54, 1.807) is 0 Å². The molecule has 1 aliphatic carbocycles. The Balaban J connectivity index is 3.43. The zero-order chi connectivity index (χ0) is 14.0. The summed E-state index contributed by atoms with van der Waals surface area (Å²) in [6.07, 6.45) is 12.5. The van der Waals surface area contributed by atoms with Gasteiger partial charge in [0.15, 0.2) is 0 Å². The number of allylic oxidation sites excluding steroid dienone is 8. The second kappa shape index (κ2) is 5.30. The lowest BCUT2D eigenvalue weighted by molar-refractivity contribution is 0.359. The molecule has 0 spiro atoms. The minimum Gasteiger partial charge on any atom is -0.0874 e. The van der Waals surface area contributed by atoms with Crippen molar-refractivity contribution in [3.05, 3.63) is 47.1 Å². The summed E-state index contributed by atoms with van der Waals surface area (Å²) in [6.45, 7) is 15.7. The molecule has 100 valence electrons. The third kappa shape index (κ3) is 2.25. The van der Waals surface area contributed by atoms with E-state index in [1.807, 2.05) is 0 Å². The molecule has 0 aromatic rings. The fourth-order valence-electron chi connectivity index (χ4n) is 3.79. The Morgan fingerprint density at radius 2 is 1.50 bits per heavy atom. The van der Waals surface area contributed by atoms with Crippen molar-refractivity contribution in [3.8, 4) is 0 Å². The minimum absolute atomic E-state index is 0.154. The molecule has 0 heterocycles. The summed E-state index contributed by atoms with van der Waals surface area (Å²) in [7, 11) is 0. The molecule has 0 aliphatic heterocycles. The van der Waals surface area contributed by atoms with Crippen LogP contribution in [0.3, 0.4) is 0 Å². The summed E-state index contributed by atoms with van der Waals surface area (Å²) >= 11 is 0. The predicted octanol–water partition coefficient (Wildman–Crippen LogP) is 5.84. The van der Waals surface area contributed by atoms with Crippen LogP contribution in [0, 0.1) is 10.8 Å². The molecule has 0 nitrogen and oxygen atoms in total. The monoisotopic (exact) mass is 244 g/mol. The van der Waals surface area contributed by atoms with E-state index in [4.69, 9.17) is 0 Å². The molecule has 1 rings (SSSR count). The van der Waals surface area contributed by atoms with Crippen LogP contribution in [0.1, 0.15) is 54.9 Å². The van der Waals surface area contributed by atoms with Gasteiger partial charge < -0.3 is 0 Å². The zero-order valence-electron chi connectivity index (χ0n) is 13.1. The molecule has 1 aliphatic rings.